The summed E-state index contributed by atoms with van der Waals surface area (Å²) in [6.45, 7) is 8.38. The van der Waals surface area contributed by atoms with Crippen LogP contribution in [0.5, 0.6) is 0 Å². The van der Waals surface area contributed by atoms with Crippen LogP contribution in [0.2, 0.25) is 0 Å². The van der Waals surface area contributed by atoms with Crippen LogP contribution in [0.3, 0.4) is 0 Å². The Morgan fingerprint density at radius 1 is 1.25 bits per heavy atom. The molecule has 0 aromatic heterocycles. The van der Waals surface area contributed by atoms with E-state index in [0.29, 0.717) is 6.42 Å². The second-order valence-corrected chi connectivity index (χ2v) is 4.76. The quantitative estimate of drug-likeness (QED) is 0.671. The van der Waals surface area contributed by atoms with Gasteiger partial charge in [-0.25, -0.2) is 0 Å². The van der Waals surface area contributed by atoms with Gasteiger partial charge >= 0.3 is 0 Å². The number of rotatable bonds is 8. The predicted octanol–water partition coefficient (Wildman–Crippen LogP) is 2.59. The van der Waals surface area contributed by atoms with Crippen LogP contribution in [0.1, 0.15) is 66.2 Å². The van der Waals surface area contributed by atoms with Crippen molar-refractivity contribution in [2.45, 2.75) is 77.8 Å². The highest BCUT2D eigenvalue weighted by Gasteiger charge is 2.25. The second-order valence-electron chi connectivity index (χ2n) is 4.76. The van der Waals surface area contributed by atoms with Gasteiger partial charge in [0.25, 0.3) is 0 Å². The third-order valence-electron chi connectivity index (χ3n) is 3.50. The van der Waals surface area contributed by atoms with Crippen LogP contribution in [-0.2, 0) is 4.79 Å². The normalized spacial score (nSPS) is 13.6. The van der Waals surface area contributed by atoms with Crippen molar-refractivity contribution >= 4 is 5.91 Å². The fourth-order valence-electron chi connectivity index (χ4n) is 1.96. The van der Waals surface area contributed by atoms with E-state index in [1.807, 2.05) is 6.92 Å². The van der Waals surface area contributed by atoms with Gasteiger partial charge in [0.05, 0.1) is 0 Å². The van der Waals surface area contributed by atoms with Crippen molar-refractivity contribution < 1.29 is 4.79 Å². The van der Waals surface area contributed by atoms with Crippen LogP contribution in [0.15, 0.2) is 0 Å². The number of carbonyl (C=O) groups excluding carboxylic acids is 1. The topological polar surface area (TPSA) is 55.1 Å². The van der Waals surface area contributed by atoms with Crippen molar-refractivity contribution in [1.82, 2.24) is 5.32 Å². The Balaban J connectivity index is 4.01. The molecule has 0 aliphatic rings. The number of amides is 1. The lowest BCUT2D eigenvalue weighted by atomic mass is 9.89. The van der Waals surface area contributed by atoms with E-state index in [1.165, 1.54) is 0 Å². The summed E-state index contributed by atoms with van der Waals surface area (Å²) in [7, 11) is 0. The first-order valence-electron chi connectivity index (χ1n) is 6.56. The summed E-state index contributed by atoms with van der Waals surface area (Å²) in [4.78, 5) is 11.8. The highest BCUT2D eigenvalue weighted by molar-refractivity contribution is 5.76. The first-order valence-corrected chi connectivity index (χ1v) is 6.56. The largest absolute Gasteiger partial charge is 0.351 e. The maximum absolute atomic E-state index is 11.8. The van der Waals surface area contributed by atoms with E-state index in [1.54, 1.807) is 0 Å². The molecule has 0 aliphatic heterocycles. The van der Waals surface area contributed by atoms with Crippen LogP contribution in [-0.4, -0.2) is 17.5 Å². The molecule has 0 fully saturated rings. The van der Waals surface area contributed by atoms with Crippen molar-refractivity contribution in [3.63, 3.8) is 0 Å². The van der Waals surface area contributed by atoms with Gasteiger partial charge in [-0.05, 0) is 39.0 Å². The van der Waals surface area contributed by atoms with Gasteiger partial charge in [0.1, 0.15) is 0 Å². The zero-order valence-corrected chi connectivity index (χ0v) is 11.3. The lowest BCUT2D eigenvalue weighted by molar-refractivity contribution is -0.123. The zero-order chi connectivity index (χ0) is 12.6. The Morgan fingerprint density at radius 3 is 2.12 bits per heavy atom. The molecule has 0 heterocycles. The van der Waals surface area contributed by atoms with Crippen LogP contribution < -0.4 is 11.1 Å². The van der Waals surface area contributed by atoms with Gasteiger partial charge in [-0.3, -0.25) is 4.79 Å². The Bertz CT molecular complexity index is 190. The summed E-state index contributed by atoms with van der Waals surface area (Å²) >= 11 is 0. The van der Waals surface area contributed by atoms with Gasteiger partial charge in [0.2, 0.25) is 5.91 Å². The number of hydrogen-bond donors (Lipinski definition) is 2. The standard InChI is InChI=1S/C13H28N2O/c1-5-13(6-2,7-3)15-12(16)10-8-9-11(4)14/h11H,5-10,14H2,1-4H3,(H,15,16). The SMILES string of the molecule is CCC(CC)(CC)NC(=O)CCCC(C)N. The highest BCUT2D eigenvalue weighted by atomic mass is 16.1. The van der Waals surface area contributed by atoms with Crippen molar-refractivity contribution in [2.75, 3.05) is 0 Å². The molecule has 0 aromatic rings. The number of nitrogens with two attached hydrogens (primary N) is 1. The number of hydrogen-bond acceptors (Lipinski definition) is 2. The summed E-state index contributed by atoms with van der Waals surface area (Å²) in [5.74, 6) is 0.172. The summed E-state index contributed by atoms with van der Waals surface area (Å²) in [6.07, 6.45) is 5.40. The molecule has 3 nitrogen and oxygen atoms in total. The molecular formula is C13H28N2O. The van der Waals surface area contributed by atoms with Crippen molar-refractivity contribution in [3.05, 3.63) is 0 Å². The number of nitrogens with one attached hydrogen (secondary N) is 1. The Kier molecular flexibility index (Phi) is 7.39. The maximum atomic E-state index is 11.8. The minimum atomic E-state index is 0.00537. The first kappa shape index (κ1) is 15.4. The first-order chi connectivity index (χ1) is 7.49. The van der Waals surface area contributed by atoms with Crippen LogP contribution in [0, 0.1) is 0 Å². The van der Waals surface area contributed by atoms with E-state index >= 15 is 0 Å². The molecule has 0 rings (SSSR count). The van der Waals surface area contributed by atoms with E-state index < -0.39 is 0 Å². The van der Waals surface area contributed by atoms with Gasteiger partial charge in [0.15, 0.2) is 0 Å². The molecule has 0 saturated heterocycles. The fourth-order valence-corrected chi connectivity index (χ4v) is 1.96. The molecule has 1 atom stereocenters. The van der Waals surface area contributed by atoms with E-state index in [4.69, 9.17) is 5.73 Å². The van der Waals surface area contributed by atoms with Gasteiger partial charge in [0, 0.05) is 18.0 Å². The average Bonchev–Trinajstić information content (AvgIpc) is 2.25. The van der Waals surface area contributed by atoms with Crippen molar-refractivity contribution in [1.29, 1.82) is 0 Å². The molecule has 1 unspecified atom stereocenters. The lowest BCUT2D eigenvalue weighted by Crippen LogP contribution is -2.47. The molecule has 0 spiro atoms. The van der Waals surface area contributed by atoms with Gasteiger partial charge < -0.3 is 11.1 Å². The summed E-state index contributed by atoms with van der Waals surface area (Å²) in [5, 5.41) is 3.17. The highest BCUT2D eigenvalue weighted by Crippen LogP contribution is 2.19. The van der Waals surface area contributed by atoms with Crippen molar-refractivity contribution in [3.8, 4) is 0 Å². The second kappa shape index (κ2) is 7.66. The van der Waals surface area contributed by atoms with E-state index in [2.05, 4.69) is 26.1 Å². The summed E-state index contributed by atoms with van der Waals surface area (Å²) in [5.41, 5.74) is 5.66. The minimum absolute atomic E-state index is 0.00537. The van der Waals surface area contributed by atoms with Crippen LogP contribution in [0.25, 0.3) is 0 Å². The number of carbonyl (C=O) groups is 1. The Hall–Kier alpha value is -0.570. The molecule has 0 aromatic carbocycles. The van der Waals surface area contributed by atoms with Gasteiger partial charge in [-0.2, -0.15) is 0 Å². The molecule has 0 aliphatic carbocycles. The Morgan fingerprint density at radius 2 is 1.75 bits per heavy atom. The molecule has 0 saturated carbocycles. The molecule has 16 heavy (non-hydrogen) atoms. The molecule has 0 bridgehead atoms. The van der Waals surface area contributed by atoms with Crippen LogP contribution in [0.4, 0.5) is 0 Å². The van der Waals surface area contributed by atoms with Gasteiger partial charge in [-0.15, -0.1) is 0 Å². The maximum Gasteiger partial charge on any atom is 0.220 e. The average molecular weight is 228 g/mol. The fraction of sp³-hybridized carbons (Fsp3) is 0.923. The smallest absolute Gasteiger partial charge is 0.220 e. The summed E-state index contributed by atoms with van der Waals surface area (Å²) in [6, 6.07) is 0.195. The molecule has 1 amide bonds. The predicted molar refractivity (Wildman–Crippen MR) is 69.2 cm³/mol. The molecular weight excluding hydrogens is 200 g/mol. The molecule has 0 radical (unpaired) electrons. The third kappa shape index (κ3) is 5.50. The molecule has 3 heteroatoms. The Labute approximate surface area is 100 Å². The van der Waals surface area contributed by atoms with Crippen molar-refractivity contribution in [2.24, 2.45) is 5.73 Å². The third-order valence-corrected chi connectivity index (χ3v) is 3.50. The van der Waals surface area contributed by atoms with E-state index in [9.17, 15) is 4.79 Å². The van der Waals surface area contributed by atoms with E-state index in [-0.39, 0.29) is 17.5 Å². The monoisotopic (exact) mass is 228 g/mol. The minimum Gasteiger partial charge on any atom is -0.351 e. The van der Waals surface area contributed by atoms with E-state index in [0.717, 1.165) is 32.1 Å². The van der Waals surface area contributed by atoms with Crippen LogP contribution >= 0.6 is 0 Å². The molecule has 96 valence electrons. The molecule has 3 N–H and O–H groups in total. The van der Waals surface area contributed by atoms with Gasteiger partial charge in [-0.1, -0.05) is 20.8 Å². The zero-order valence-electron chi connectivity index (χ0n) is 11.3. The summed E-state index contributed by atoms with van der Waals surface area (Å²) < 4.78 is 0. The lowest BCUT2D eigenvalue weighted by Gasteiger charge is -2.31.